The highest BCUT2D eigenvalue weighted by Crippen LogP contribution is 2.16. The van der Waals surface area contributed by atoms with E-state index in [0.717, 1.165) is 32.1 Å². The van der Waals surface area contributed by atoms with Crippen molar-refractivity contribution in [2.45, 2.75) is 65.9 Å². The van der Waals surface area contributed by atoms with Gasteiger partial charge in [-0.25, -0.2) is 0 Å². The first-order valence-corrected chi connectivity index (χ1v) is 7.24. The van der Waals surface area contributed by atoms with Gasteiger partial charge in [0.15, 0.2) is 0 Å². The van der Waals surface area contributed by atoms with E-state index in [1.807, 2.05) is 13.8 Å². The number of carbonyl (C=O) groups excluding carboxylic acids is 1. The fourth-order valence-corrected chi connectivity index (χ4v) is 1.89. The fraction of sp³-hybridized carbons (Fsp3) is 0.933. The Morgan fingerprint density at radius 2 is 1.78 bits per heavy atom. The van der Waals surface area contributed by atoms with E-state index in [1.54, 1.807) is 7.11 Å². The average molecular weight is 258 g/mol. The van der Waals surface area contributed by atoms with Crippen LogP contribution in [-0.4, -0.2) is 25.8 Å². The molecule has 0 rings (SSSR count). The number of carbonyl (C=O) groups is 1. The van der Waals surface area contributed by atoms with Gasteiger partial charge in [-0.3, -0.25) is 4.79 Å². The minimum atomic E-state index is -0.0863. The highest BCUT2D eigenvalue weighted by molar-refractivity contribution is 5.71. The second-order valence-corrected chi connectivity index (χ2v) is 5.26. The number of hydrogen-bond acceptors (Lipinski definition) is 3. The van der Waals surface area contributed by atoms with Gasteiger partial charge in [0, 0.05) is 7.11 Å². The molecule has 0 saturated carbocycles. The predicted octanol–water partition coefficient (Wildman–Crippen LogP) is 3.81. The molecule has 0 aliphatic carbocycles. The van der Waals surface area contributed by atoms with E-state index in [0.29, 0.717) is 18.6 Å². The topological polar surface area (TPSA) is 35.5 Å². The lowest BCUT2D eigenvalue weighted by Crippen LogP contribution is -2.18. The molecule has 2 unspecified atom stereocenters. The lowest BCUT2D eigenvalue weighted by molar-refractivity contribution is -0.148. The minimum Gasteiger partial charge on any atom is -0.465 e. The van der Waals surface area contributed by atoms with Crippen LogP contribution >= 0.6 is 0 Å². The Bertz CT molecular complexity index is 210. The standard InChI is InChI=1S/C15H30O3/c1-6-13(11-18-15(16)12(3)4)9-8-10-14(7-2)17-5/h12-14H,6-11H2,1-5H3. The summed E-state index contributed by atoms with van der Waals surface area (Å²) in [6.45, 7) is 8.61. The summed E-state index contributed by atoms with van der Waals surface area (Å²) in [4.78, 5) is 11.4. The van der Waals surface area contributed by atoms with Gasteiger partial charge in [0.25, 0.3) is 0 Å². The molecule has 0 N–H and O–H groups in total. The van der Waals surface area contributed by atoms with Crippen molar-refractivity contribution < 1.29 is 14.3 Å². The second-order valence-electron chi connectivity index (χ2n) is 5.26. The van der Waals surface area contributed by atoms with Crippen LogP contribution in [0.1, 0.15) is 59.8 Å². The van der Waals surface area contributed by atoms with Crippen molar-refractivity contribution in [3.8, 4) is 0 Å². The van der Waals surface area contributed by atoms with Gasteiger partial charge in [0.1, 0.15) is 0 Å². The lowest BCUT2D eigenvalue weighted by atomic mass is 9.98. The summed E-state index contributed by atoms with van der Waals surface area (Å²) in [7, 11) is 1.77. The molecule has 0 aromatic carbocycles. The first-order chi connectivity index (χ1) is 8.54. The van der Waals surface area contributed by atoms with Crippen molar-refractivity contribution in [3.63, 3.8) is 0 Å². The molecule has 3 nitrogen and oxygen atoms in total. The van der Waals surface area contributed by atoms with E-state index in [9.17, 15) is 4.79 Å². The zero-order valence-corrected chi connectivity index (χ0v) is 12.7. The normalized spacial score (nSPS) is 14.6. The molecule has 108 valence electrons. The summed E-state index contributed by atoms with van der Waals surface area (Å²) in [6, 6.07) is 0. The molecule has 0 aromatic rings. The third-order valence-corrected chi connectivity index (χ3v) is 3.44. The van der Waals surface area contributed by atoms with E-state index in [1.165, 1.54) is 0 Å². The van der Waals surface area contributed by atoms with E-state index in [2.05, 4.69) is 13.8 Å². The van der Waals surface area contributed by atoms with Gasteiger partial charge in [-0.15, -0.1) is 0 Å². The maximum absolute atomic E-state index is 11.4. The van der Waals surface area contributed by atoms with Crippen LogP contribution in [0.4, 0.5) is 0 Å². The average Bonchev–Trinajstić information content (AvgIpc) is 2.37. The fourth-order valence-electron chi connectivity index (χ4n) is 1.89. The van der Waals surface area contributed by atoms with Crippen LogP contribution in [0.3, 0.4) is 0 Å². The van der Waals surface area contributed by atoms with Crippen LogP contribution in [0.15, 0.2) is 0 Å². The molecular formula is C15H30O3. The molecule has 0 amide bonds. The number of methoxy groups -OCH3 is 1. The van der Waals surface area contributed by atoms with Crippen molar-refractivity contribution in [3.05, 3.63) is 0 Å². The third kappa shape index (κ3) is 7.70. The minimum absolute atomic E-state index is 0.0273. The summed E-state index contributed by atoms with van der Waals surface area (Å²) >= 11 is 0. The molecule has 0 aliphatic rings. The van der Waals surface area contributed by atoms with E-state index >= 15 is 0 Å². The number of esters is 1. The molecule has 0 aromatic heterocycles. The van der Waals surface area contributed by atoms with Crippen molar-refractivity contribution in [2.24, 2.45) is 11.8 Å². The Morgan fingerprint density at radius 3 is 2.22 bits per heavy atom. The van der Waals surface area contributed by atoms with Crippen molar-refractivity contribution in [1.82, 2.24) is 0 Å². The number of rotatable bonds is 10. The van der Waals surface area contributed by atoms with Gasteiger partial charge in [0.05, 0.1) is 18.6 Å². The Kier molecular flexibility index (Phi) is 10.0. The molecule has 0 bridgehead atoms. The summed E-state index contributed by atoms with van der Waals surface area (Å²) in [5.74, 6) is 0.374. The Labute approximate surface area is 112 Å². The summed E-state index contributed by atoms with van der Waals surface area (Å²) in [5, 5.41) is 0. The molecule has 0 heterocycles. The van der Waals surface area contributed by atoms with Crippen LogP contribution in [-0.2, 0) is 14.3 Å². The van der Waals surface area contributed by atoms with Crippen LogP contribution in [0.2, 0.25) is 0 Å². The van der Waals surface area contributed by atoms with Crippen molar-refractivity contribution in [1.29, 1.82) is 0 Å². The molecule has 0 saturated heterocycles. The molecule has 0 aliphatic heterocycles. The Morgan fingerprint density at radius 1 is 1.11 bits per heavy atom. The van der Waals surface area contributed by atoms with Gasteiger partial charge in [-0.05, 0) is 25.2 Å². The molecule has 18 heavy (non-hydrogen) atoms. The highest BCUT2D eigenvalue weighted by atomic mass is 16.5. The zero-order valence-electron chi connectivity index (χ0n) is 12.7. The third-order valence-electron chi connectivity index (χ3n) is 3.44. The van der Waals surface area contributed by atoms with Crippen molar-refractivity contribution in [2.75, 3.05) is 13.7 Å². The first kappa shape index (κ1) is 17.4. The van der Waals surface area contributed by atoms with Crippen LogP contribution in [0, 0.1) is 11.8 Å². The van der Waals surface area contributed by atoms with Gasteiger partial charge in [-0.1, -0.05) is 40.5 Å². The number of ether oxygens (including phenoxy) is 2. The molecule has 2 atom stereocenters. The Hall–Kier alpha value is -0.570. The van der Waals surface area contributed by atoms with E-state index < -0.39 is 0 Å². The smallest absolute Gasteiger partial charge is 0.308 e. The van der Waals surface area contributed by atoms with Gasteiger partial charge in [0.2, 0.25) is 0 Å². The SMILES string of the molecule is CCC(CCCC(CC)OC)COC(=O)C(C)C. The van der Waals surface area contributed by atoms with Gasteiger partial charge >= 0.3 is 5.97 Å². The zero-order chi connectivity index (χ0) is 14.0. The van der Waals surface area contributed by atoms with E-state index in [4.69, 9.17) is 9.47 Å². The first-order valence-electron chi connectivity index (χ1n) is 7.24. The van der Waals surface area contributed by atoms with Crippen molar-refractivity contribution >= 4 is 5.97 Å². The lowest BCUT2D eigenvalue weighted by Gasteiger charge is -2.18. The summed E-state index contributed by atoms with van der Waals surface area (Å²) in [5.41, 5.74) is 0. The van der Waals surface area contributed by atoms with Crippen LogP contribution in [0.5, 0.6) is 0 Å². The molecular weight excluding hydrogens is 228 g/mol. The monoisotopic (exact) mass is 258 g/mol. The molecule has 0 radical (unpaired) electrons. The maximum Gasteiger partial charge on any atom is 0.308 e. The largest absolute Gasteiger partial charge is 0.465 e. The maximum atomic E-state index is 11.4. The van der Waals surface area contributed by atoms with Crippen LogP contribution < -0.4 is 0 Å². The number of hydrogen-bond donors (Lipinski definition) is 0. The predicted molar refractivity (Wildman–Crippen MR) is 74.5 cm³/mol. The van der Waals surface area contributed by atoms with Gasteiger partial charge < -0.3 is 9.47 Å². The quantitative estimate of drug-likeness (QED) is 0.559. The molecule has 3 heteroatoms. The van der Waals surface area contributed by atoms with Gasteiger partial charge in [-0.2, -0.15) is 0 Å². The Balaban J connectivity index is 3.80. The second kappa shape index (κ2) is 10.4. The van der Waals surface area contributed by atoms with E-state index in [-0.39, 0.29) is 11.9 Å². The van der Waals surface area contributed by atoms with Crippen LogP contribution in [0.25, 0.3) is 0 Å². The molecule has 0 spiro atoms. The molecule has 0 fully saturated rings. The summed E-state index contributed by atoms with van der Waals surface area (Å²) < 4.78 is 10.7. The highest BCUT2D eigenvalue weighted by Gasteiger charge is 2.13. The summed E-state index contributed by atoms with van der Waals surface area (Å²) in [6.07, 6.45) is 5.86.